The lowest BCUT2D eigenvalue weighted by Crippen LogP contribution is -2.06. The van der Waals surface area contributed by atoms with Crippen molar-refractivity contribution in [3.63, 3.8) is 0 Å². The molecule has 14 heavy (non-hydrogen) atoms. The van der Waals surface area contributed by atoms with Crippen molar-refractivity contribution >= 4 is 40.5 Å². The minimum atomic E-state index is -1.77. The van der Waals surface area contributed by atoms with Gasteiger partial charge in [-0.3, -0.25) is 10.1 Å². The largest absolute Gasteiger partial charge is 0.279 e. The highest BCUT2D eigenvalue weighted by Crippen LogP contribution is 2.43. The van der Waals surface area contributed by atoms with Gasteiger partial charge in [-0.05, 0) is 13.0 Å². The van der Waals surface area contributed by atoms with Gasteiger partial charge in [-0.25, -0.2) is 0 Å². The van der Waals surface area contributed by atoms with E-state index in [1.54, 1.807) is 19.1 Å². The lowest BCUT2D eigenvalue weighted by molar-refractivity contribution is -0.386. The van der Waals surface area contributed by atoms with Crippen molar-refractivity contribution in [3.05, 3.63) is 39.4 Å². The van der Waals surface area contributed by atoms with Crippen molar-refractivity contribution in [3.8, 4) is 0 Å². The zero-order valence-corrected chi connectivity index (χ0v) is 9.40. The number of halogens is 3. The fraction of sp³-hybridized carbons (Fsp3) is 0.250. The molecule has 0 saturated carbocycles. The average Bonchev–Trinajstić information content (AvgIpc) is 2.01. The average molecular weight is 254 g/mol. The first-order valence-corrected chi connectivity index (χ1v) is 4.78. The number of aryl methyl sites for hydroxylation is 1. The van der Waals surface area contributed by atoms with Crippen LogP contribution in [0.25, 0.3) is 0 Å². The molecule has 0 radical (unpaired) electrons. The normalized spacial score (nSPS) is 11.4. The van der Waals surface area contributed by atoms with Gasteiger partial charge in [0.15, 0.2) is 0 Å². The number of nitro benzene ring substituents is 1. The van der Waals surface area contributed by atoms with Gasteiger partial charge in [0.25, 0.3) is 5.69 Å². The molecule has 6 heteroatoms. The van der Waals surface area contributed by atoms with Crippen molar-refractivity contribution < 1.29 is 4.92 Å². The van der Waals surface area contributed by atoms with Crippen LogP contribution in [0.2, 0.25) is 0 Å². The quantitative estimate of drug-likeness (QED) is 0.435. The highest BCUT2D eigenvalue weighted by Gasteiger charge is 2.32. The number of nitrogens with zero attached hydrogens (tertiary/aromatic N) is 1. The number of alkyl halides is 3. The predicted octanol–water partition coefficient (Wildman–Crippen LogP) is 3.73. The topological polar surface area (TPSA) is 43.1 Å². The third-order valence-electron chi connectivity index (χ3n) is 1.73. The lowest BCUT2D eigenvalue weighted by atomic mass is 10.1. The summed E-state index contributed by atoms with van der Waals surface area (Å²) in [6.07, 6.45) is 0. The third kappa shape index (κ3) is 2.29. The van der Waals surface area contributed by atoms with Gasteiger partial charge in [0.1, 0.15) is 0 Å². The molecule has 76 valence electrons. The first kappa shape index (κ1) is 11.6. The monoisotopic (exact) mass is 253 g/mol. The van der Waals surface area contributed by atoms with E-state index in [0.29, 0.717) is 5.56 Å². The molecule has 0 fully saturated rings. The van der Waals surface area contributed by atoms with Crippen LogP contribution in [0, 0.1) is 17.0 Å². The zero-order valence-electron chi connectivity index (χ0n) is 7.13. The molecule has 0 amide bonds. The molecule has 0 unspecified atom stereocenters. The standard InChI is InChI=1S/C8H6Cl3NO2/c1-5-3-2-4-6(8(9,10)11)7(5)12(13)14/h2-4H,1H3. The molecule has 3 nitrogen and oxygen atoms in total. The molecule has 0 aromatic heterocycles. The van der Waals surface area contributed by atoms with E-state index in [4.69, 9.17) is 34.8 Å². The van der Waals surface area contributed by atoms with E-state index in [9.17, 15) is 10.1 Å². The summed E-state index contributed by atoms with van der Waals surface area (Å²) in [5, 5.41) is 10.7. The molecule has 0 aliphatic rings. The number of nitro groups is 1. The lowest BCUT2D eigenvalue weighted by Gasteiger charge is -2.12. The first-order valence-electron chi connectivity index (χ1n) is 3.65. The molecule has 1 rings (SSSR count). The molecule has 0 heterocycles. The number of rotatable bonds is 1. The number of para-hydroxylation sites is 1. The van der Waals surface area contributed by atoms with E-state index in [2.05, 4.69) is 0 Å². The maximum absolute atomic E-state index is 10.7. The molecule has 0 aliphatic carbocycles. The Kier molecular flexibility index (Phi) is 3.24. The Bertz CT molecular complexity index is 373. The van der Waals surface area contributed by atoms with Gasteiger partial charge in [0, 0.05) is 5.56 Å². The summed E-state index contributed by atoms with van der Waals surface area (Å²) in [6, 6.07) is 4.63. The summed E-state index contributed by atoms with van der Waals surface area (Å²) in [4.78, 5) is 10.2. The van der Waals surface area contributed by atoms with E-state index >= 15 is 0 Å². The second-order valence-corrected chi connectivity index (χ2v) is 5.01. The molecule has 0 bridgehead atoms. The van der Waals surface area contributed by atoms with Crippen molar-refractivity contribution in [2.45, 2.75) is 10.7 Å². The highest BCUT2D eigenvalue weighted by atomic mass is 35.6. The minimum Gasteiger partial charge on any atom is -0.258 e. The van der Waals surface area contributed by atoms with Crippen LogP contribution in [0.5, 0.6) is 0 Å². The van der Waals surface area contributed by atoms with Crippen molar-refractivity contribution in [2.75, 3.05) is 0 Å². The van der Waals surface area contributed by atoms with Crippen LogP contribution in [0.4, 0.5) is 5.69 Å². The van der Waals surface area contributed by atoms with Crippen molar-refractivity contribution in [1.29, 1.82) is 0 Å². The first-order chi connectivity index (χ1) is 6.34. The molecule has 1 aromatic rings. The van der Waals surface area contributed by atoms with Crippen LogP contribution in [0.15, 0.2) is 18.2 Å². The Morgan fingerprint density at radius 1 is 1.36 bits per heavy atom. The second kappa shape index (κ2) is 3.93. The predicted molar refractivity (Wildman–Crippen MR) is 57.1 cm³/mol. The Hall–Kier alpha value is -0.510. The van der Waals surface area contributed by atoms with E-state index in [1.807, 2.05) is 0 Å². The van der Waals surface area contributed by atoms with Gasteiger partial charge in [-0.2, -0.15) is 0 Å². The summed E-state index contributed by atoms with van der Waals surface area (Å²) in [5.41, 5.74) is 0.416. The van der Waals surface area contributed by atoms with Crippen molar-refractivity contribution in [1.82, 2.24) is 0 Å². The summed E-state index contributed by atoms with van der Waals surface area (Å²) < 4.78 is -1.77. The van der Waals surface area contributed by atoms with Crippen LogP contribution in [0.3, 0.4) is 0 Å². The maximum atomic E-state index is 10.7. The summed E-state index contributed by atoms with van der Waals surface area (Å²) in [7, 11) is 0. The van der Waals surface area contributed by atoms with Crippen LogP contribution in [-0.2, 0) is 3.79 Å². The summed E-state index contributed by atoms with van der Waals surface area (Å²) in [5.74, 6) is 0. The molecule has 0 aliphatic heterocycles. The fourth-order valence-corrected chi connectivity index (χ4v) is 1.59. The maximum Gasteiger partial charge on any atom is 0.279 e. The molecule has 0 N–H and O–H groups in total. The summed E-state index contributed by atoms with van der Waals surface area (Å²) >= 11 is 16.8. The molecule has 1 aromatic carbocycles. The number of benzene rings is 1. The van der Waals surface area contributed by atoms with Crippen molar-refractivity contribution in [2.24, 2.45) is 0 Å². The molecule has 0 saturated heterocycles. The van der Waals surface area contributed by atoms with E-state index in [1.165, 1.54) is 6.07 Å². The molecule has 0 spiro atoms. The second-order valence-electron chi connectivity index (χ2n) is 2.73. The van der Waals surface area contributed by atoms with Gasteiger partial charge < -0.3 is 0 Å². The van der Waals surface area contributed by atoms with Gasteiger partial charge in [-0.1, -0.05) is 46.9 Å². The molecule has 0 atom stereocenters. The van der Waals surface area contributed by atoms with Crippen LogP contribution < -0.4 is 0 Å². The summed E-state index contributed by atoms with van der Waals surface area (Å²) in [6.45, 7) is 1.60. The SMILES string of the molecule is Cc1cccc(C(Cl)(Cl)Cl)c1[N+](=O)[O-]. The van der Waals surface area contributed by atoms with Crippen LogP contribution in [0.1, 0.15) is 11.1 Å². The third-order valence-corrected chi connectivity index (χ3v) is 2.34. The molecular weight excluding hydrogens is 248 g/mol. The number of hydrogen-bond acceptors (Lipinski definition) is 2. The van der Waals surface area contributed by atoms with Crippen LogP contribution >= 0.6 is 34.8 Å². The van der Waals surface area contributed by atoms with Gasteiger partial charge in [0.05, 0.1) is 10.5 Å². The molecular formula is C8H6Cl3NO2. The smallest absolute Gasteiger partial charge is 0.258 e. The van der Waals surface area contributed by atoms with Gasteiger partial charge in [-0.15, -0.1) is 0 Å². The zero-order chi connectivity index (χ0) is 10.9. The van der Waals surface area contributed by atoms with E-state index < -0.39 is 8.72 Å². The Balaban J connectivity index is 3.44. The van der Waals surface area contributed by atoms with Crippen LogP contribution in [-0.4, -0.2) is 4.92 Å². The Labute approximate surface area is 95.7 Å². The fourth-order valence-electron chi connectivity index (χ4n) is 1.13. The van der Waals surface area contributed by atoms with Gasteiger partial charge in [0.2, 0.25) is 3.79 Å². The van der Waals surface area contributed by atoms with E-state index in [0.717, 1.165) is 0 Å². The van der Waals surface area contributed by atoms with E-state index in [-0.39, 0.29) is 11.3 Å². The Morgan fingerprint density at radius 2 is 1.93 bits per heavy atom. The minimum absolute atomic E-state index is 0.0903. The Morgan fingerprint density at radius 3 is 2.29 bits per heavy atom. The van der Waals surface area contributed by atoms with Gasteiger partial charge >= 0.3 is 0 Å². The number of hydrogen-bond donors (Lipinski definition) is 0. The highest BCUT2D eigenvalue weighted by molar-refractivity contribution is 6.67.